The van der Waals surface area contributed by atoms with E-state index in [9.17, 15) is 0 Å². The lowest BCUT2D eigenvalue weighted by atomic mass is 10.2. The third kappa shape index (κ3) is 1.22. The van der Waals surface area contributed by atoms with Gasteiger partial charge >= 0.3 is 0 Å². The monoisotopic (exact) mass is 196 g/mol. The van der Waals surface area contributed by atoms with Gasteiger partial charge in [-0.05, 0) is 43.2 Å². The zero-order valence-electron chi connectivity index (χ0n) is 8.86. The number of pyridine rings is 1. The summed E-state index contributed by atoms with van der Waals surface area (Å²) >= 11 is 0. The molecular weight excluding hydrogens is 184 g/mol. The number of imidazole rings is 1. The van der Waals surface area contributed by atoms with Crippen molar-refractivity contribution in [3.63, 3.8) is 0 Å². The van der Waals surface area contributed by atoms with Crippen LogP contribution in [0.25, 0.3) is 16.7 Å². The van der Waals surface area contributed by atoms with Crippen LogP contribution in [0.15, 0.2) is 36.5 Å². The summed E-state index contributed by atoms with van der Waals surface area (Å²) in [6, 6.07) is 10.5. The fourth-order valence-electron chi connectivity index (χ4n) is 1.93. The molecule has 0 radical (unpaired) electrons. The van der Waals surface area contributed by atoms with Crippen molar-refractivity contribution in [2.45, 2.75) is 13.8 Å². The summed E-state index contributed by atoms with van der Waals surface area (Å²) in [5, 5.41) is 0. The first-order valence-electron chi connectivity index (χ1n) is 5.09. The molecule has 0 aliphatic heterocycles. The molecule has 74 valence electrons. The van der Waals surface area contributed by atoms with Crippen molar-refractivity contribution in [1.82, 2.24) is 9.38 Å². The average Bonchev–Trinajstić information content (AvgIpc) is 2.56. The van der Waals surface area contributed by atoms with Crippen molar-refractivity contribution in [2.24, 2.45) is 0 Å². The van der Waals surface area contributed by atoms with E-state index in [1.165, 1.54) is 16.6 Å². The summed E-state index contributed by atoms with van der Waals surface area (Å²) in [7, 11) is 0. The summed E-state index contributed by atoms with van der Waals surface area (Å²) in [6.45, 7) is 4.20. The van der Waals surface area contributed by atoms with Crippen molar-refractivity contribution < 1.29 is 0 Å². The topological polar surface area (TPSA) is 17.3 Å². The Morgan fingerprint density at radius 1 is 1.00 bits per heavy atom. The maximum Gasteiger partial charge on any atom is 0.137 e. The second-order valence-electron chi connectivity index (χ2n) is 4.04. The van der Waals surface area contributed by atoms with Crippen LogP contribution in [0, 0.1) is 13.8 Å². The summed E-state index contributed by atoms with van der Waals surface area (Å²) in [5.41, 5.74) is 5.79. The molecule has 0 aliphatic carbocycles. The minimum Gasteiger partial charge on any atom is -0.299 e. The molecule has 2 heteroatoms. The molecule has 0 spiro atoms. The smallest absolute Gasteiger partial charge is 0.137 e. The van der Waals surface area contributed by atoms with Gasteiger partial charge in [0.05, 0.1) is 11.0 Å². The Morgan fingerprint density at radius 3 is 2.67 bits per heavy atom. The van der Waals surface area contributed by atoms with E-state index in [0.29, 0.717) is 0 Å². The molecule has 2 heterocycles. The first-order valence-corrected chi connectivity index (χ1v) is 5.09. The standard InChI is InChI=1S/C13H12N2/c1-9-3-5-11-12(7-9)15-8-10(2)4-6-13(15)14-11/h3-8H,1-2H3. The number of aromatic nitrogens is 2. The van der Waals surface area contributed by atoms with Gasteiger partial charge in [0.1, 0.15) is 5.65 Å². The van der Waals surface area contributed by atoms with Gasteiger partial charge in [0.2, 0.25) is 0 Å². The number of nitrogens with zero attached hydrogens (tertiary/aromatic N) is 2. The lowest BCUT2D eigenvalue weighted by molar-refractivity contribution is 1.19. The second-order valence-corrected chi connectivity index (χ2v) is 4.04. The molecule has 2 nitrogen and oxygen atoms in total. The van der Waals surface area contributed by atoms with E-state index >= 15 is 0 Å². The highest BCUT2D eigenvalue weighted by molar-refractivity contribution is 5.81. The van der Waals surface area contributed by atoms with E-state index in [-0.39, 0.29) is 0 Å². The van der Waals surface area contributed by atoms with E-state index in [1.807, 2.05) is 0 Å². The molecule has 0 unspecified atom stereocenters. The molecule has 2 aromatic heterocycles. The van der Waals surface area contributed by atoms with Crippen LogP contribution in [-0.2, 0) is 0 Å². The van der Waals surface area contributed by atoms with Gasteiger partial charge in [-0.3, -0.25) is 4.40 Å². The van der Waals surface area contributed by atoms with Crippen molar-refractivity contribution in [3.05, 3.63) is 47.7 Å². The van der Waals surface area contributed by atoms with Gasteiger partial charge in [0, 0.05) is 6.20 Å². The van der Waals surface area contributed by atoms with Gasteiger partial charge in [0.15, 0.2) is 0 Å². The van der Waals surface area contributed by atoms with Crippen molar-refractivity contribution >= 4 is 16.7 Å². The maximum absolute atomic E-state index is 4.56. The minimum absolute atomic E-state index is 1.02. The minimum atomic E-state index is 1.02. The molecule has 0 aliphatic rings. The molecule has 0 saturated heterocycles. The molecule has 0 bridgehead atoms. The van der Waals surface area contributed by atoms with Crippen LogP contribution in [-0.4, -0.2) is 9.38 Å². The highest BCUT2D eigenvalue weighted by Crippen LogP contribution is 2.18. The average molecular weight is 196 g/mol. The fraction of sp³-hybridized carbons (Fsp3) is 0.154. The normalized spacial score (nSPS) is 11.3. The Kier molecular flexibility index (Phi) is 1.60. The van der Waals surface area contributed by atoms with Gasteiger partial charge < -0.3 is 0 Å². The molecule has 1 aromatic carbocycles. The Morgan fingerprint density at radius 2 is 1.80 bits per heavy atom. The molecule has 3 rings (SSSR count). The van der Waals surface area contributed by atoms with Crippen LogP contribution in [0.2, 0.25) is 0 Å². The first kappa shape index (κ1) is 8.48. The third-order valence-electron chi connectivity index (χ3n) is 2.70. The molecule has 15 heavy (non-hydrogen) atoms. The van der Waals surface area contributed by atoms with E-state index in [1.54, 1.807) is 0 Å². The molecule has 0 atom stereocenters. The van der Waals surface area contributed by atoms with Crippen LogP contribution in [0.1, 0.15) is 11.1 Å². The molecule has 3 aromatic rings. The number of benzene rings is 1. The highest BCUT2D eigenvalue weighted by Gasteiger charge is 2.03. The maximum atomic E-state index is 4.56. The quantitative estimate of drug-likeness (QED) is 0.540. The zero-order valence-corrected chi connectivity index (χ0v) is 8.86. The highest BCUT2D eigenvalue weighted by atomic mass is 15.0. The van der Waals surface area contributed by atoms with Gasteiger partial charge in [-0.2, -0.15) is 0 Å². The van der Waals surface area contributed by atoms with E-state index < -0.39 is 0 Å². The predicted octanol–water partition coefficient (Wildman–Crippen LogP) is 3.10. The van der Waals surface area contributed by atoms with Crippen LogP contribution in [0.5, 0.6) is 0 Å². The Bertz CT molecular complexity index is 594. The van der Waals surface area contributed by atoms with Gasteiger partial charge in [-0.1, -0.05) is 12.1 Å². The van der Waals surface area contributed by atoms with Crippen LogP contribution >= 0.6 is 0 Å². The Labute approximate surface area is 88.2 Å². The van der Waals surface area contributed by atoms with Crippen molar-refractivity contribution in [1.29, 1.82) is 0 Å². The number of fused-ring (bicyclic) bond motifs is 3. The predicted molar refractivity (Wildman–Crippen MR) is 62.2 cm³/mol. The van der Waals surface area contributed by atoms with Crippen molar-refractivity contribution in [2.75, 3.05) is 0 Å². The van der Waals surface area contributed by atoms with Crippen LogP contribution in [0.3, 0.4) is 0 Å². The van der Waals surface area contributed by atoms with Gasteiger partial charge in [-0.15, -0.1) is 0 Å². The Balaban J connectivity index is 2.55. The molecule has 0 fully saturated rings. The number of aryl methyl sites for hydroxylation is 2. The summed E-state index contributed by atoms with van der Waals surface area (Å²) in [6.07, 6.45) is 2.13. The summed E-state index contributed by atoms with van der Waals surface area (Å²) < 4.78 is 2.15. The third-order valence-corrected chi connectivity index (χ3v) is 2.70. The van der Waals surface area contributed by atoms with E-state index in [0.717, 1.165) is 11.2 Å². The second kappa shape index (κ2) is 2.83. The van der Waals surface area contributed by atoms with E-state index in [4.69, 9.17) is 0 Å². The molecule has 0 saturated carbocycles. The molecular formula is C13H12N2. The number of rotatable bonds is 0. The molecule has 0 N–H and O–H groups in total. The lowest BCUT2D eigenvalue weighted by Crippen LogP contribution is -1.85. The molecule has 0 amide bonds. The van der Waals surface area contributed by atoms with Crippen LogP contribution < -0.4 is 0 Å². The fourth-order valence-corrected chi connectivity index (χ4v) is 1.93. The van der Waals surface area contributed by atoms with Gasteiger partial charge in [0.25, 0.3) is 0 Å². The SMILES string of the molecule is Cc1ccc2nc3ccc(C)cn3c2c1. The van der Waals surface area contributed by atoms with E-state index in [2.05, 4.69) is 59.8 Å². The van der Waals surface area contributed by atoms with Crippen molar-refractivity contribution in [3.8, 4) is 0 Å². The van der Waals surface area contributed by atoms with Gasteiger partial charge in [-0.25, -0.2) is 4.98 Å². The largest absolute Gasteiger partial charge is 0.299 e. The van der Waals surface area contributed by atoms with Crippen LogP contribution in [0.4, 0.5) is 0 Å². The number of hydrogen-bond donors (Lipinski definition) is 0. The lowest BCUT2D eigenvalue weighted by Gasteiger charge is -1.97. The zero-order chi connectivity index (χ0) is 10.4. The summed E-state index contributed by atoms with van der Waals surface area (Å²) in [4.78, 5) is 4.56. The Hall–Kier alpha value is -1.83. The first-order chi connectivity index (χ1) is 7.24. The number of hydrogen-bond acceptors (Lipinski definition) is 1. The summed E-state index contributed by atoms with van der Waals surface area (Å²) in [5.74, 6) is 0.